The molecule has 0 fully saturated rings. The molecule has 0 spiro atoms. The molecule has 268 valence electrons. The van der Waals surface area contributed by atoms with Crippen LogP contribution in [0.4, 0.5) is 0 Å². The number of fused-ring (bicyclic) bond motifs is 2. The first-order valence-electron chi connectivity index (χ1n) is 19.6. The first-order valence-corrected chi connectivity index (χ1v) is 20.8. The maximum absolute atomic E-state index is 3.99. The Morgan fingerprint density at radius 3 is 1.76 bits per heavy atom. The van der Waals surface area contributed by atoms with Gasteiger partial charge >= 0.3 is 112 Å². The van der Waals surface area contributed by atoms with Crippen molar-refractivity contribution in [3.8, 4) is 0 Å². The average Bonchev–Trinajstić information content (AvgIpc) is 3.88. The van der Waals surface area contributed by atoms with Crippen LogP contribution in [0.3, 0.4) is 0 Å². The van der Waals surface area contributed by atoms with Crippen LogP contribution in [-0.2, 0) is 49.9 Å². The van der Waals surface area contributed by atoms with Gasteiger partial charge in [-0.3, -0.25) is 6.08 Å². The van der Waals surface area contributed by atoms with E-state index < -0.39 is 0 Å². The van der Waals surface area contributed by atoms with E-state index in [0.29, 0.717) is 0 Å². The molecule has 0 amide bonds. The Bertz CT molecular complexity index is 2180. The minimum absolute atomic E-state index is 0.00879. The van der Waals surface area contributed by atoms with Crippen LogP contribution in [0.15, 0.2) is 169 Å². The van der Waals surface area contributed by atoms with Gasteiger partial charge in [-0.15, -0.1) is 18.1 Å². The second-order valence-electron chi connectivity index (χ2n) is 14.8. The molecule has 3 aliphatic carbocycles. The van der Waals surface area contributed by atoms with Gasteiger partial charge in [-0.1, -0.05) is 122 Å². The van der Waals surface area contributed by atoms with Crippen molar-refractivity contribution < 1.29 is 24.2 Å². The van der Waals surface area contributed by atoms with E-state index >= 15 is 0 Å². The Kier molecular flexibility index (Phi) is 14.4. The number of benzene rings is 5. The second kappa shape index (κ2) is 19.8. The van der Waals surface area contributed by atoms with E-state index in [1.807, 2.05) is 12.2 Å². The Hall–Kier alpha value is -4.45. The van der Waals surface area contributed by atoms with E-state index in [1.165, 1.54) is 73.4 Å². The molecule has 0 saturated heterocycles. The van der Waals surface area contributed by atoms with Crippen molar-refractivity contribution in [1.29, 1.82) is 0 Å². The van der Waals surface area contributed by atoms with Gasteiger partial charge in [-0.25, -0.2) is 12.2 Å². The summed E-state index contributed by atoms with van der Waals surface area (Å²) in [6.07, 6.45) is 26.7. The van der Waals surface area contributed by atoms with Gasteiger partial charge in [0.1, 0.15) is 0 Å². The molecule has 3 aliphatic rings. The van der Waals surface area contributed by atoms with E-state index in [4.69, 9.17) is 0 Å². The quantitative estimate of drug-likeness (QED) is 0.117. The zero-order valence-electron chi connectivity index (χ0n) is 32.2. The van der Waals surface area contributed by atoms with Crippen molar-refractivity contribution in [3.05, 3.63) is 225 Å². The molecule has 0 saturated carbocycles. The van der Waals surface area contributed by atoms with E-state index in [1.54, 1.807) is 27.4 Å². The summed E-state index contributed by atoms with van der Waals surface area (Å²) in [6.45, 7) is 6.93. The van der Waals surface area contributed by atoms with E-state index in [2.05, 4.69) is 185 Å². The van der Waals surface area contributed by atoms with Crippen LogP contribution in [0.2, 0.25) is 0 Å². The zero-order valence-corrected chi connectivity index (χ0v) is 34.7. The van der Waals surface area contributed by atoms with Crippen LogP contribution in [0.25, 0.3) is 11.6 Å². The summed E-state index contributed by atoms with van der Waals surface area (Å²) in [6, 6.07) is 47.9. The topological polar surface area (TPSA) is 0 Å². The van der Waals surface area contributed by atoms with Crippen molar-refractivity contribution >= 4 is 14.9 Å². The minimum atomic E-state index is -0.00879. The predicted molar refractivity (Wildman–Crippen MR) is 227 cm³/mol. The van der Waals surface area contributed by atoms with Crippen LogP contribution in [-0.4, -0.2) is 3.21 Å². The molecule has 8 rings (SSSR count). The van der Waals surface area contributed by atoms with Gasteiger partial charge in [0, 0.05) is 0 Å². The summed E-state index contributed by atoms with van der Waals surface area (Å²) >= 11 is 1.55. The standard InChI is InChI=1S/C33H33.C15H14.C5H5.Zr/c1-4-5-16-33(3)23-29-20-28-17-24(2)27(18-25-12-8-6-9-13-25)21-31(28)32(29)22-30(33)19-26-14-10-7-11-15-26;1-3-8-14(9-4-1)12-7-13-15-10-5-2-6-11-15;1-2-4-5-3-1;/h6-15,17,20-22H,4-5,16,18-19H2,1-3H3;1-6,8-11H,12-13H2;1-3H,4H2;/q-1;;-1;+2. The molecule has 5 aromatic rings. The molecule has 54 heavy (non-hydrogen) atoms. The normalized spacial score (nSPS) is 16.1. The van der Waals surface area contributed by atoms with Gasteiger partial charge in [0.05, 0.1) is 0 Å². The van der Waals surface area contributed by atoms with Crippen molar-refractivity contribution in [2.45, 2.75) is 72.1 Å². The Morgan fingerprint density at radius 2 is 1.26 bits per heavy atom. The van der Waals surface area contributed by atoms with Gasteiger partial charge in [0.15, 0.2) is 0 Å². The molecule has 0 aromatic heterocycles. The fourth-order valence-corrected chi connectivity index (χ4v) is 8.39. The Labute approximate surface area is 339 Å². The van der Waals surface area contributed by atoms with Gasteiger partial charge < -0.3 is 0 Å². The van der Waals surface area contributed by atoms with Gasteiger partial charge in [-0.2, -0.15) is 23.8 Å². The first-order chi connectivity index (χ1) is 26.4. The molecule has 5 aromatic carbocycles. The molecule has 1 atom stereocenters. The van der Waals surface area contributed by atoms with Crippen molar-refractivity contribution in [2.75, 3.05) is 0 Å². The summed E-state index contributed by atoms with van der Waals surface area (Å²) in [5.74, 6) is 0. The number of hydrogen-bond donors (Lipinski definition) is 0. The third kappa shape index (κ3) is 11.1. The summed E-state index contributed by atoms with van der Waals surface area (Å²) in [5, 5.41) is 2.72. The van der Waals surface area contributed by atoms with E-state index in [0.717, 1.165) is 38.5 Å². The number of hydrogen-bond acceptors (Lipinski definition) is 0. The summed E-state index contributed by atoms with van der Waals surface area (Å²) < 4.78 is 1.60. The molecule has 0 aliphatic heterocycles. The van der Waals surface area contributed by atoms with Crippen LogP contribution in [0.5, 0.6) is 0 Å². The maximum atomic E-state index is 3.99. The molecule has 0 nitrogen and oxygen atoms in total. The number of unbranched alkanes of at least 4 members (excludes halogenated alkanes) is 1. The number of allylic oxidation sites excluding steroid dienone is 8. The average molecular weight is 780 g/mol. The molecule has 1 heteroatoms. The van der Waals surface area contributed by atoms with Gasteiger partial charge in [0.2, 0.25) is 0 Å². The van der Waals surface area contributed by atoms with Gasteiger partial charge in [0.25, 0.3) is 0 Å². The Balaban J connectivity index is 0.000000195. The van der Waals surface area contributed by atoms with Gasteiger partial charge in [-0.05, 0) is 47.4 Å². The molecular formula is C53H52Zr. The van der Waals surface area contributed by atoms with Crippen molar-refractivity contribution in [3.63, 3.8) is 0 Å². The summed E-state index contributed by atoms with van der Waals surface area (Å²) in [5.41, 5.74) is 12.5. The molecule has 0 heterocycles. The molecule has 1 unspecified atom stereocenters. The summed E-state index contributed by atoms with van der Waals surface area (Å²) in [4.78, 5) is 0. The zero-order chi connectivity index (χ0) is 37.6. The van der Waals surface area contributed by atoms with E-state index in [-0.39, 0.29) is 5.41 Å². The fourth-order valence-electron chi connectivity index (χ4n) is 7.38. The molecular weight excluding hydrogens is 728 g/mol. The molecule has 0 N–H and O–H groups in total. The second-order valence-corrected chi connectivity index (χ2v) is 16.6. The fraction of sp³-hybridized carbons (Fsp3) is 0.226. The third-order valence-corrected chi connectivity index (χ3v) is 11.3. The van der Waals surface area contributed by atoms with Crippen LogP contribution < -0.4 is 10.4 Å². The van der Waals surface area contributed by atoms with Crippen molar-refractivity contribution in [1.82, 2.24) is 0 Å². The monoisotopic (exact) mass is 778 g/mol. The number of aryl methyl sites for hydroxylation is 1. The predicted octanol–water partition coefficient (Wildman–Crippen LogP) is 11.1. The van der Waals surface area contributed by atoms with Crippen molar-refractivity contribution in [2.24, 2.45) is 5.41 Å². The number of rotatable bonds is 11. The molecule has 0 radical (unpaired) electrons. The van der Waals surface area contributed by atoms with Crippen LogP contribution >= 0.6 is 0 Å². The van der Waals surface area contributed by atoms with Crippen LogP contribution in [0, 0.1) is 24.5 Å². The van der Waals surface area contributed by atoms with E-state index in [9.17, 15) is 0 Å². The summed E-state index contributed by atoms with van der Waals surface area (Å²) in [7, 11) is 0. The molecule has 0 bridgehead atoms. The van der Waals surface area contributed by atoms with Crippen LogP contribution in [0.1, 0.15) is 72.9 Å². The Morgan fingerprint density at radius 1 is 0.704 bits per heavy atom. The first kappa shape index (κ1) is 39.3. The third-order valence-electron chi connectivity index (χ3n) is 10.4. The SMILES string of the molecule is CCCCC1(C)[C-]=C2C=c3cc(C)c(Cc4ccccc4)cc3=C2C=C1Cc1ccccc1.[C-]1=CC=CC1.[Zr+2]=[C](Cc1ccccc1)Cc1ccccc1.